The normalized spacial score (nSPS) is 12.2. The quantitative estimate of drug-likeness (QED) is 0.826. The lowest BCUT2D eigenvalue weighted by Crippen LogP contribution is -2.27. The molecule has 1 atom stereocenters. The number of benzene rings is 1. The number of carbonyl (C=O) groups is 1. The summed E-state index contributed by atoms with van der Waals surface area (Å²) in [4.78, 5) is 11.7. The Hall–Kier alpha value is -1.42. The van der Waals surface area contributed by atoms with Gasteiger partial charge in [0.1, 0.15) is 5.82 Å². The molecule has 0 radical (unpaired) electrons. The molecule has 0 aliphatic carbocycles. The minimum absolute atomic E-state index is 0.231. The van der Waals surface area contributed by atoms with Gasteiger partial charge >= 0.3 is 0 Å². The Morgan fingerprint density at radius 2 is 2.24 bits per heavy atom. The maximum absolute atomic E-state index is 12.8. The van der Waals surface area contributed by atoms with Gasteiger partial charge in [-0.1, -0.05) is 6.92 Å². The molecule has 2 N–H and O–H groups in total. The van der Waals surface area contributed by atoms with Crippen molar-refractivity contribution < 1.29 is 14.3 Å². The number of amides is 1. The molecule has 0 aliphatic heterocycles. The molecule has 1 rings (SSSR count). The van der Waals surface area contributed by atoms with Crippen LogP contribution in [0.1, 0.15) is 35.7 Å². The Bertz CT molecular complexity index is 393. The lowest BCUT2D eigenvalue weighted by Gasteiger charge is -2.10. The number of nitrogens with one attached hydrogen (secondary N) is 1. The second kappa shape index (κ2) is 6.35. The summed E-state index contributed by atoms with van der Waals surface area (Å²) in [6.07, 6.45) is 0.818. The van der Waals surface area contributed by atoms with Crippen molar-refractivity contribution in [1.82, 2.24) is 5.32 Å². The number of aryl methyl sites for hydroxylation is 1. The van der Waals surface area contributed by atoms with E-state index in [1.807, 2.05) is 6.92 Å². The van der Waals surface area contributed by atoms with Crippen molar-refractivity contribution in [2.45, 2.75) is 32.8 Å². The number of aliphatic hydroxyl groups excluding tert-OH is 1. The lowest BCUT2D eigenvalue weighted by molar-refractivity contribution is 0.0941. The van der Waals surface area contributed by atoms with Crippen LogP contribution in [0.5, 0.6) is 0 Å². The third-order valence-corrected chi connectivity index (χ3v) is 2.67. The molecular weight excluding hydrogens is 221 g/mol. The molecule has 0 saturated heterocycles. The number of aliphatic hydroxyl groups is 1. The lowest BCUT2D eigenvalue weighted by atomic mass is 10.1. The van der Waals surface area contributed by atoms with Gasteiger partial charge in [-0.3, -0.25) is 4.79 Å². The van der Waals surface area contributed by atoms with Crippen LogP contribution in [0.4, 0.5) is 4.39 Å². The van der Waals surface area contributed by atoms with E-state index in [0.717, 1.165) is 0 Å². The minimum Gasteiger partial charge on any atom is -0.393 e. The second-order valence-electron chi connectivity index (χ2n) is 4.07. The Kier molecular flexibility index (Phi) is 5.10. The molecular formula is C13H18FNO2. The van der Waals surface area contributed by atoms with E-state index in [4.69, 9.17) is 0 Å². The summed E-state index contributed by atoms with van der Waals surface area (Å²) in [6, 6.07) is 4.06. The molecule has 0 aromatic heterocycles. The van der Waals surface area contributed by atoms with Gasteiger partial charge in [0.05, 0.1) is 6.10 Å². The average molecular weight is 239 g/mol. The van der Waals surface area contributed by atoms with Crippen molar-refractivity contribution in [3.05, 3.63) is 35.1 Å². The molecule has 17 heavy (non-hydrogen) atoms. The number of rotatable bonds is 5. The van der Waals surface area contributed by atoms with Gasteiger partial charge in [0.15, 0.2) is 0 Å². The molecule has 1 unspecified atom stereocenters. The summed E-state index contributed by atoms with van der Waals surface area (Å²) in [5.41, 5.74) is 1.08. The maximum Gasteiger partial charge on any atom is 0.251 e. The van der Waals surface area contributed by atoms with Crippen molar-refractivity contribution in [2.24, 2.45) is 0 Å². The van der Waals surface area contributed by atoms with Gasteiger partial charge in [0.25, 0.3) is 5.91 Å². The van der Waals surface area contributed by atoms with Gasteiger partial charge in [-0.2, -0.15) is 0 Å². The smallest absolute Gasteiger partial charge is 0.251 e. The molecule has 3 nitrogen and oxygen atoms in total. The maximum atomic E-state index is 12.8. The third kappa shape index (κ3) is 4.15. The Balaban J connectivity index is 2.52. The summed E-state index contributed by atoms with van der Waals surface area (Å²) >= 11 is 0. The van der Waals surface area contributed by atoms with Gasteiger partial charge in [0.2, 0.25) is 0 Å². The van der Waals surface area contributed by atoms with Crippen molar-refractivity contribution in [2.75, 3.05) is 6.54 Å². The average Bonchev–Trinajstić information content (AvgIpc) is 2.28. The molecule has 94 valence electrons. The van der Waals surface area contributed by atoms with Crippen molar-refractivity contribution in [1.29, 1.82) is 0 Å². The van der Waals surface area contributed by atoms with E-state index in [0.29, 0.717) is 30.5 Å². The van der Waals surface area contributed by atoms with Crippen LogP contribution in [0, 0.1) is 12.7 Å². The number of hydrogen-bond donors (Lipinski definition) is 2. The highest BCUT2D eigenvalue weighted by Crippen LogP contribution is 2.09. The highest BCUT2D eigenvalue weighted by Gasteiger charge is 2.09. The fourth-order valence-electron chi connectivity index (χ4n) is 1.53. The fourth-order valence-corrected chi connectivity index (χ4v) is 1.53. The molecule has 0 heterocycles. The van der Waals surface area contributed by atoms with Crippen LogP contribution >= 0.6 is 0 Å². The highest BCUT2D eigenvalue weighted by molar-refractivity contribution is 5.95. The van der Waals surface area contributed by atoms with Crippen LogP contribution < -0.4 is 5.32 Å². The topological polar surface area (TPSA) is 49.3 Å². The molecule has 1 aromatic rings. The largest absolute Gasteiger partial charge is 0.393 e. The van der Waals surface area contributed by atoms with E-state index in [-0.39, 0.29) is 17.8 Å². The van der Waals surface area contributed by atoms with E-state index in [2.05, 4.69) is 5.32 Å². The molecule has 0 saturated carbocycles. The van der Waals surface area contributed by atoms with Crippen LogP contribution in [0.3, 0.4) is 0 Å². The standard InChI is InChI=1S/C13H18FNO2/c1-3-11(16)6-7-15-13(17)12-5-4-10(14)8-9(12)2/h4-5,8,11,16H,3,6-7H2,1-2H3,(H,15,17). The predicted octanol–water partition coefficient (Wildman–Crippen LogP) is 2.02. The van der Waals surface area contributed by atoms with Crippen LogP contribution in [0.25, 0.3) is 0 Å². The monoisotopic (exact) mass is 239 g/mol. The van der Waals surface area contributed by atoms with Crippen LogP contribution in [0.15, 0.2) is 18.2 Å². The SMILES string of the molecule is CCC(O)CCNC(=O)c1ccc(F)cc1C. The van der Waals surface area contributed by atoms with Gasteiger partial charge in [-0.15, -0.1) is 0 Å². The van der Waals surface area contributed by atoms with Crippen LogP contribution in [-0.2, 0) is 0 Å². The van der Waals surface area contributed by atoms with E-state index < -0.39 is 0 Å². The van der Waals surface area contributed by atoms with E-state index in [9.17, 15) is 14.3 Å². The summed E-state index contributed by atoms with van der Waals surface area (Å²) in [7, 11) is 0. The molecule has 0 bridgehead atoms. The Morgan fingerprint density at radius 3 is 2.82 bits per heavy atom. The van der Waals surface area contributed by atoms with Gasteiger partial charge in [-0.25, -0.2) is 4.39 Å². The fraction of sp³-hybridized carbons (Fsp3) is 0.462. The van der Waals surface area contributed by atoms with Crippen LogP contribution in [0.2, 0.25) is 0 Å². The second-order valence-corrected chi connectivity index (χ2v) is 4.07. The minimum atomic E-state index is -0.385. The number of hydrogen-bond acceptors (Lipinski definition) is 2. The molecule has 0 aliphatic rings. The summed E-state index contributed by atoms with van der Waals surface area (Å²) in [5.74, 6) is -0.578. The molecule has 0 fully saturated rings. The first kappa shape index (κ1) is 13.6. The highest BCUT2D eigenvalue weighted by atomic mass is 19.1. The van der Waals surface area contributed by atoms with Crippen molar-refractivity contribution in [3.8, 4) is 0 Å². The molecule has 4 heteroatoms. The summed E-state index contributed by atoms with van der Waals surface area (Å²) in [6.45, 7) is 4.00. The van der Waals surface area contributed by atoms with E-state index in [1.165, 1.54) is 18.2 Å². The first-order chi connectivity index (χ1) is 8.04. The zero-order valence-electron chi connectivity index (χ0n) is 10.2. The summed E-state index contributed by atoms with van der Waals surface area (Å²) < 4.78 is 12.8. The molecule has 1 amide bonds. The third-order valence-electron chi connectivity index (χ3n) is 2.67. The Morgan fingerprint density at radius 1 is 1.53 bits per heavy atom. The van der Waals surface area contributed by atoms with E-state index in [1.54, 1.807) is 6.92 Å². The Labute approximate surface area is 101 Å². The van der Waals surface area contributed by atoms with Gasteiger partial charge in [0, 0.05) is 12.1 Å². The van der Waals surface area contributed by atoms with Gasteiger partial charge in [-0.05, 0) is 43.5 Å². The van der Waals surface area contributed by atoms with E-state index >= 15 is 0 Å². The molecule has 1 aromatic carbocycles. The number of carbonyl (C=O) groups excluding carboxylic acids is 1. The predicted molar refractivity (Wildman–Crippen MR) is 64.4 cm³/mol. The van der Waals surface area contributed by atoms with Gasteiger partial charge < -0.3 is 10.4 Å². The zero-order valence-corrected chi connectivity index (χ0v) is 10.2. The first-order valence-electron chi connectivity index (χ1n) is 5.77. The molecule has 0 spiro atoms. The van der Waals surface area contributed by atoms with Crippen molar-refractivity contribution >= 4 is 5.91 Å². The van der Waals surface area contributed by atoms with Crippen molar-refractivity contribution in [3.63, 3.8) is 0 Å². The first-order valence-corrected chi connectivity index (χ1v) is 5.77. The van der Waals surface area contributed by atoms with Crippen LogP contribution in [-0.4, -0.2) is 23.7 Å². The zero-order chi connectivity index (χ0) is 12.8. The summed E-state index contributed by atoms with van der Waals surface area (Å²) in [5, 5.41) is 12.0. The number of halogens is 1.